The van der Waals surface area contributed by atoms with Crippen molar-refractivity contribution in [2.24, 2.45) is 0 Å². The summed E-state index contributed by atoms with van der Waals surface area (Å²) in [7, 11) is 0. The summed E-state index contributed by atoms with van der Waals surface area (Å²) in [5.41, 5.74) is 1.32. The molecule has 15 heavy (non-hydrogen) atoms. The summed E-state index contributed by atoms with van der Waals surface area (Å²) in [5, 5.41) is 11.9. The zero-order valence-corrected chi connectivity index (χ0v) is 8.73. The van der Waals surface area contributed by atoms with Crippen LogP contribution in [0.1, 0.15) is 18.5 Å². The van der Waals surface area contributed by atoms with E-state index in [-0.39, 0.29) is 18.6 Å². The van der Waals surface area contributed by atoms with E-state index in [1.807, 2.05) is 30.3 Å². The largest absolute Gasteiger partial charge is 0.394 e. The Balaban J connectivity index is 2.73. The van der Waals surface area contributed by atoms with Crippen LogP contribution in [0.25, 0.3) is 0 Å². The summed E-state index contributed by atoms with van der Waals surface area (Å²) in [5.74, 6) is -0.238. The van der Waals surface area contributed by atoms with Gasteiger partial charge in [-0.15, -0.1) is 0 Å². The SMILES string of the molecule is C=C(C)C(=O)NC(CO)c1ccccc1. The number of benzene rings is 1. The van der Waals surface area contributed by atoms with E-state index in [9.17, 15) is 4.79 Å². The lowest BCUT2D eigenvalue weighted by Crippen LogP contribution is -2.30. The first-order valence-electron chi connectivity index (χ1n) is 4.77. The van der Waals surface area contributed by atoms with Crippen molar-refractivity contribution in [3.63, 3.8) is 0 Å². The van der Waals surface area contributed by atoms with Crippen molar-refractivity contribution in [2.75, 3.05) is 6.61 Å². The Morgan fingerprint density at radius 1 is 1.47 bits per heavy atom. The normalized spacial score (nSPS) is 11.9. The molecule has 0 bridgehead atoms. The predicted octanol–water partition coefficient (Wildman–Crippen LogP) is 1.41. The fourth-order valence-corrected chi connectivity index (χ4v) is 1.20. The molecule has 1 amide bonds. The van der Waals surface area contributed by atoms with Gasteiger partial charge in [0, 0.05) is 5.57 Å². The second-order valence-corrected chi connectivity index (χ2v) is 3.40. The molecule has 1 atom stereocenters. The Morgan fingerprint density at radius 3 is 2.53 bits per heavy atom. The number of nitrogens with one attached hydrogen (secondary N) is 1. The zero-order chi connectivity index (χ0) is 11.3. The summed E-state index contributed by atoms with van der Waals surface area (Å²) < 4.78 is 0. The Bertz CT molecular complexity index is 346. The van der Waals surface area contributed by atoms with Crippen molar-refractivity contribution in [1.82, 2.24) is 5.32 Å². The summed E-state index contributed by atoms with van der Waals surface area (Å²) in [6, 6.07) is 8.98. The number of amides is 1. The smallest absolute Gasteiger partial charge is 0.246 e. The van der Waals surface area contributed by atoms with Gasteiger partial charge in [0.25, 0.3) is 0 Å². The highest BCUT2D eigenvalue weighted by atomic mass is 16.3. The monoisotopic (exact) mass is 205 g/mol. The van der Waals surface area contributed by atoms with Gasteiger partial charge < -0.3 is 10.4 Å². The van der Waals surface area contributed by atoms with Crippen LogP contribution < -0.4 is 5.32 Å². The first-order chi connectivity index (χ1) is 7.15. The van der Waals surface area contributed by atoms with E-state index in [2.05, 4.69) is 11.9 Å². The maximum Gasteiger partial charge on any atom is 0.246 e. The van der Waals surface area contributed by atoms with Crippen LogP contribution in [0.3, 0.4) is 0 Å². The van der Waals surface area contributed by atoms with Gasteiger partial charge in [-0.1, -0.05) is 36.9 Å². The van der Waals surface area contributed by atoms with Crippen molar-refractivity contribution in [3.05, 3.63) is 48.0 Å². The van der Waals surface area contributed by atoms with E-state index < -0.39 is 0 Å². The summed E-state index contributed by atoms with van der Waals surface area (Å²) >= 11 is 0. The van der Waals surface area contributed by atoms with Gasteiger partial charge in [-0.3, -0.25) is 4.79 Å². The molecule has 0 radical (unpaired) electrons. The highest BCUT2D eigenvalue weighted by Gasteiger charge is 2.12. The molecular weight excluding hydrogens is 190 g/mol. The highest BCUT2D eigenvalue weighted by Crippen LogP contribution is 2.11. The Labute approximate surface area is 89.4 Å². The number of rotatable bonds is 4. The van der Waals surface area contributed by atoms with Gasteiger partial charge in [-0.2, -0.15) is 0 Å². The van der Waals surface area contributed by atoms with Crippen LogP contribution in [0, 0.1) is 0 Å². The molecule has 2 N–H and O–H groups in total. The van der Waals surface area contributed by atoms with Crippen molar-refractivity contribution in [3.8, 4) is 0 Å². The lowest BCUT2D eigenvalue weighted by atomic mass is 10.1. The molecule has 0 saturated heterocycles. The van der Waals surface area contributed by atoms with E-state index in [0.29, 0.717) is 5.57 Å². The van der Waals surface area contributed by atoms with Crippen LogP contribution in [0.4, 0.5) is 0 Å². The van der Waals surface area contributed by atoms with Crippen LogP contribution in [-0.2, 0) is 4.79 Å². The van der Waals surface area contributed by atoms with Gasteiger partial charge in [0.1, 0.15) is 0 Å². The number of hydrogen-bond acceptors (Lipinski definition) is 2. The average Bonchev–Trinajstić information content (AvgIpc) is 2.26. The third-order valence-electron chi connectivity index (χ3n) is 2.08. The second kappa shape index (κ2) is 5.32. The molecule has 0 aromatic heterocycles. The number of aliphatic hydroxyl groups is 1. The standard InChI is InChI=1S/C12H15NO2/c1-9(2)12(15)13-11(8-14)10-6-4-3-5-7-10/h3-7,11,14H,1,8H2,2H3,(H,13,15). The average molecular weight is 205 g/mol. The molecule has 3 nitrogen and oxygen atoms in total. The highest BCUT2D eigenvalue weighted by molar-refractivity contribution is 5.92. The Morgan fingerprint density at radius 2 is 2.07 bits per heavy atom. The topological polar surface area (TPSA) is 49.3 Å². The minimum absolute atomic E-state index is 0.122. The van der Waals surface area contributed by atoms with Gasteiger partial charge >= 0.3 is 0 Å². The summed E-state index contributed by atoms with van der Waals surface area (Å²) in [4.78, 5) is 11.4. The molecule has 0 aliphatic rings. The second-order valence-electron chi connectivity index (χ2n) is 3.40. The molecule has 0 aliphatic heterocycles. The van der Waals surface area contributed by atoms with Crippen molar-refractivity contribution >= 4 is 5.91 Å². The fourth-order valence-electron chi connectivity index (χ4n) is 1.20. The van der Waals surface area contributed by atoms with Gasteiger partial charge in [-0.25, -0.2) is 0 Å². The third kappa shape index (κ3) is 3.22. The molecule has 0 fully saturated rings. The number of carbonyl (C=O) groups is 1. The minimum atomic E-state index is -0.365. The van der Waals surface area contributed by atoms with Gasteiger partial charge in [0.15, 0.2) is 0 Å². The van der Waals surface area contributed by atoms with Gasteiger partial charge in [0.05, 0.1) is 12.6 Å². The van der Waals surface area contributed by atoms with E-state index in [4.69, 9.17) is 5.11 Å². The predicted molar refractivity (Wildman–Crippen MR) is 59.2 cm³/mol. The third-order valence-corrected chi connectivity index (χ3v) is 2.08. The molecule has 80 valence electrons. The fraction of sp³-hybridized carbons (Fsp3) is 0.250. The molecule has 1 rings (SSSR count). The van der Waals surface area contributed by atoms with Crippen molar-refractivity contribution in [1.29, 1.82) is 0 Å². The van der Waals surface area contributed by atoms with E-state index in [1.165, 1.54) is 0 Å². The lowest BCUT2D eigenvalue weighted by molar-refractivity contribution is -0.118. The van der Waals surface area contributed by atoms with Gasteiger partial charge in [-0.05, 0) is 12.5 Å². The van der Waals surface area contributed by atoms with Crippen molar-refractivity contribution in [2.45, 2.75) is 13.0 Å². The van der Waals surface area contributed by atoms with Crippen molar-refractivity contribution < 1.29 is 9.90 Å². The maximum absolute atomic E-state index is 11.4. The molecular formula is C12H15NO2. The molecule has 3 heteroatoms. The Kier molecular flexibility index (Phi) is 4.06. The molecule has 0 heterocycles. The first kappa shape index (κ1) is 11.5. The van der Waals surface area contributed by atoms with Crippen LogP contribution in [-0.4, -0.2) is 17.6 Å². The molecule has 0 saturated carbocycles. The lowest BCUT2D eigenvalue weighted by Gasteiger charge is -2.16. The van der Waals surface area contributed by atoms with E-state index in [1.54, 1.807) is 6.92 Å². The quantitative estimate of drug-likeness (QED) is 0.730. The number of aliphatic hydroxyl groups excluding tert-OH is 1. The molecule has 1 aromatic carbocycles. The maximum atomic E-state index is 11.4. The minimum Gasteiger partial charge on any atom is -0.394 e. The van der Waals surface area contributed by atoms with E-state index >= 15 is 0 Å². The van der Waals surface area contributed by atoms with Crippen LogP contribution in [0.15, 0.2) is 42.5 Å². The van der Waals surface area contributed by atoms with Gasteiger partial charge in [0.2, 0.25) is 5.91 Å². The summed E-state index contributed by atoms with van der Waals surface area (Å²) in [6.45, 7) is 5.05. The number of carbonyl (C=O) groups excluding carboxylic acids is 1. The molecule has 1 aromatic rings. The van der Waals surface area contributed by atoms with E-state index in [0.717, 1.165) is 5.56 Å². The Hall–Kier alpha value is -1.61. The molecule has 1 unspecified atom stereocenters. The molecule has 0 aliphatic carbocycles. The number of hydrogen-bond donors (Lipinski definition) is 2. The van der Waals surface area contributed by atoms with Crippen LogP contribution in [0.2, 0.25) is 0 Å². The van der Waals surface area contributed by atoms with Crippen LogP contribution >= 0.6 is 0 Å². The zero-order valence-electron chi connectivity index (χ0n) is 8.73. The molecule has 0 spiro atoms. The van der Waals surface area contributed by atoms with Crippen LogP contribution in [0.5, 0.6) is 0 Å². The first-order valence-corrected chi connectivity index (χ1v) is 4.77. The summed E-state index contributed by atoms with van der Waals surface area (Å²) in [6.07, 6.45) is 0.